The molecule has 2 aromatic rings. The summed E-state index contributed by atoms with van der Waals surface area (Å²) in [6, 6.07) is 8.37. The van der Waals surface area contributed by atoms with Crippen molar-refractivity contribution in [3.05, 3.63) is 47.0 Å². The van der Waals surface area contributed by atoms with E-state index < -0.39 is 17.1 Å². The molecule has 9 heteroatoms. The molecule has 0 aromatic heterocycles. The van der Waals surface area contributed by atoms with E-state index in [0.29, 0.717) is 5.46 Å². The average molecular weight is 340 g/mol. The van der Waals surface area contributed by atoms with Crippen LogP contribution in [0.2, 0.25) is 5.02 Å². The highest BCUT2D eigenvalue weighted by molar-refractivity contribution is 7.92. The van der Waals surface area contributed by atoms with Gasteiger partial charge in [-0.05, 0) is 41.4 Å². The number of hydrogen-bond donors (Lipinski definition) is 3. The van der Waals surface area contributed by atoms with Crippen molar-refractivity contribution < 1.29 is 23.2 Å². The first-order valence-electron chi connectivity index (χ1n) is 6.31. The first kappa shape index (κ1) is 15.2. The van der Waals surface area contributed by atoms with Crippen LogP contribution in [0.15, 0.2) is 41.3 Å². The van der Waals surface area contributed by atoms with Gasteiger partial charge in [-0.3, -0.25) is 4.72 Å². The Morgan fingerprint density at radius 3 is 2.73 bits per heavy atom. The van der Waals surface area contributed by atoms with Crippen molar-refractivity contribution in [1.82, 2.24) is 0 Å². The van der Waals surface area contributed by atoms with Gasteiger partial charge in [-0.2, -0.15) is 0 Å². The number of halogens is 1. The monoisotopic (exact) mass is 339 g/mol. The Morgan fingerprint density at radius 1 is 1.23 bits per heavy atom. The maximum absolute atomic E-state index is 12.3. The van der Waals surface area contributed by atoms with Gasteiger partial charge < -0.3 is 14.8 Å². The predicted molar refractivity (Wildman–Crippen MR) is 82.8 cm³/mol. The van der Waals surface area contributed by atoms with E-state index in [9.17, 15) is 18.5 Å². The normalized spacial score (nSPS) is 14.0. The molecule has 0 saturated carbocycles. The molecule has 1 aliphatic rings. The highest BCUT2D eigenvalue weighted by Gasteiger charge is 2.28. The van der Waals surface area contributed by atoms with Gasteiger partial charge >= 0.3 is 7.12 Å². The molecule has 0 aliphatic carbocycles. The number of rotatable bonds is 3. The molecule has 3 rings (SSSR count). The fourth-order valence-electron chi connectivity index (χ4n) is 2.20. The van der Waals surface area contributed by atoms with Crippen LogP contribution in [-0.2, 0) is 21.3 Å². The van der Waals surface area contributed by atoms with Crippen LogP contribution in [0.4, 0.5) is 5.69 Å². The van der Waals surface area contributed by atoms with Gasteiger partial charge in [0, 0.05) is 5.69 Å². The zero-order valence-corrected chi connectivity index (χ0v) is 12.7. The van der Waals surface area contributed by atoms with Crippen LogP contribution in [0.3, 0.4) is 0 Å². The van der Waals surface area contributed by atoms with E-state index in [1.807, 2.05) is 0 Å². The highest BCUT2D eigenvalue weighted by Crippen LogP contribution is 2.27. The maximum atomic E-state index is 12.3. The number of phenols is 1. The van der Waals surface area contributed by atoms with Gasteiger partial charge in [-0.1, -0.05) is 17.7 Å². The number of anilines is 1. The summed E-state index contributed by atoms with van der Waals surface area (Å²) < 4.78 is 32.1. The number of fused-ring (bicyclic) bond motifs is 1. The number of hydrogen-bond acceptors (Lipinski definition) is 5. The van der Waals surface area contributed by atoms with E-state index in [2.05, 4.69) is 4.72 Å². The number of nitrogens with one attached hydrogen (secondary N) is 1. The summed E-state index contributed by atoms with van der Waals surface area (Å²) in [5.41, 5.74) is 1.61. The molecule has 22 heavy (non-hydrogen) atoms. The van der Waals surface area contributed by atoms with Gasteiger partial charge in [0.15, 0.2) is 0 Å². The number of sulfonamides is 1. The lowest BCUT2D eigenvalue weighted by Crippen LogP contribution is -2.28. The van der Waals surface area contributed by atoms with Crippen molar-refractivity contribution in [3.63, 3.8) is 0 Å². The molecule has 0 radical (unpaired) electrons. The summed E-state index contributed by atoms with van der Waals surface area (Å²) in [4.78, 5) is -0.149. The Bertz CT molecular complexity index is 842. The van der Waals surface area contributed by atoms with Crippen molar-refractivity contribution >= 4 is 39.9 Å². The van der Waals surface area contributed by atoms with Crippen LogP contribution in [0.5, 0.6) is 5.75 Å². The molecule has 0 saturated heterocycles. The molecule has 0 fully saturated rings. The summed E-state index contributed by atoms with van der Waals surface area (Å²) in [5, 5.41) is 18.8. The van der Waals surface area contributed by atoms with E-state index in [0.717, 1.165) is 11.6 Å². The van der Waals surface area contributed by atoms with Gasteiger partial charge in [-0.15, -0.1) is 0 Å². The largest absolute Gasteiger partial charge is 0.508 e. The van der Waals surface area contributed by atoms with Crippen LogP contribution in [0, 0.1) is 0 Å². The minimum absolute atomic E-state index is 0.0861. The molecule has 3 N–H and O–H groups in total. The number of aromatic hydroxyl groups is 1. The van der Waals surface area contributed by atoms with Gasteiger partial charge in [0.1, 0.15) is 10.6 Å². The molecule has 114 valence electrons. The third kappa shape index (κ3) is 2.78. The van der Waals surface area contributed by atoms with Crippen LogP contribution in [0.1, 0.15) is 5.56 Å². The minimum Gasteiger partial charge on any atom is -0.508 e. The third-order valence-corrected chi connectivity index (χ3v) is 5.13. The second kappa shape index (κ2) is 5.47. The first-order valence-corrected chi connectivity index (χ1v) is 8.17. The molecular weight excluding hydrogens is 328 g/mol. The van der Waals surface area contributed by atoms with Crippen LogP contribution in [0.25, 0.3) is 0 Å². The second-order valence-corrected chi connectivity index (χ2v) is 6.86. The van der Waals surface area contributed by atoms with E-state index in [-0.39, 0.29) is 28.0 Å². The Morgan fingerprint density at radius 2 is 2.00 bits per heavy atom. The Balaban J connectivity index is 1.93. The minimum atomic E-state index is -3.91. The topological polar surface area (TPSA) is 95.9 Å². The summed E-state index contributed by atoms with van der Waals surface area (Å²) >= 11 is 5.86. The predicted octanol–water partition coefficient (Wildman–Crippen LogP) is 1.06. The lowest BCUT2D eigenvalue weighted by atomic mass is 9.79. The molecule has 6 nitrogen and oxygen atoms in total. The Hall–Kier alpha value is -1.74. The third-order valence-electron chi connectivity index (χ3n) is 3.27. The standard InChI is InChI=1S/C13H11BClNO5S/c15-12-6-10(17)3-4-13(12)22(19,20)16-9-2-1-8-7-21-14(18)11(8)5-9/h1-6,16-18H,7H2. The van der Waals surface area contributed by atoms with Crippen molar-refractivity contribution in [1.29, 1.82) is 0 Å². The van der Waals surface area contributed by atoms with Crippen molar-refractivity contribution in [2.75, 3.05) is 4.72 Å². The SMILES string of the molecule is O=S(=O)(Nc1ccc2c(c1)B(O)OC2)c1ccc(O)cc1Cl. The van der Waals surface area contributed by atoms with E-state index in [4.69, 9.17) is 16.3 Å². The summed E-state index contributed by atoms with van der Waals surface area (Å²) in [6.07, 6.45) is 0. The molecule has 0 unspecified atom stereocenters. The molecule has 1 heterocycles. The van der Waals surface area contributed by atoms with Crippen molar-refractivity contribution in [2.24, 2.45) is 0 Å². The van der Waals surface area contributed by atoms with Crippen molar-refractivity contribution in [3.8, 4) is 5.75 Å². The number of benzene rings is 2. The summed E-state index contributed by atoms with van der Waals surface area (Å²) in [5.74, 6) is -0.123. The second-order valence-electron chi connectivity index (χ2n) is 4.80. The molecule has 1 aliphatic heterocycles. The summed E-state index contributed by atoms with van der Waals surface area (Å²) in [6.45, 7) is 0.285. The number of phenolic OH excluding ortho intramolecular Hbond substituents is 1. The molecular formula is C13H11BClNO5S. The Kier molecular flexibility index (Phi) is 3.78. The Labute approximate surface area is 132 Å². The fraction of sp³-hybridized carbons (Fsp3) is 0.0769. The van der Waals surface area contributed by atoms with Crippen LogP contribution >= 0.6 is 11.6 Å². The smallest absolute Gasteiger partial charge is 0.491 e. The van der Waals surface area contributed by atoms with E-state index in [1.54, 1.807) is 12.1 Å². The molecule has 0 spiro atoms. The highest BCUT2D eigenvalue weighted by atomic mass is 35.5. The zero-order chi connectivity index (χ0) is 15.9. The van der Waals surface area contributed by atoms with Gasteiger partial charge in [0.05, 0.1) is 11.6 Å². The first-order chi connectivity index (χ1) is 10.4. The van der Waals surface area contributed by atoms with Crippen LogP contribution < -0.4 is 10.2 Å². The fourth-order valence-corrected chi connectivity index (χ4v) is 3.79. The van der Waals surface area contributed by atoms with Crippen LogP contribution in [-0.4, -0.2) is 25.7 Å². The molecule has 0 amide bonds. The average Bonchev–Trinajstić information content (AvgIpc) is 2.79. The van der Waals surface area contributed by atoms with Gasteiger partial charge in [0.25, 0.3) is 10.0 Å². The maximum Gasteiger partial charge on any atom is 0.491 e. The van der Waals surface area contributed by atoms with Crippen molar-refractivity contribution in [2.45, 2.75) is 11.5 Å². The van der Waals surface area contributed by atoms with E-state index >= 15 is 0 Å². The van der Waals surface area contributed by atoms with Gasteiger partial charge in [-0.25, -0.2) is 8.42 Å². The summed E-state index contributed by atoms with van der Waals surface area (Å²) in [7, 11) is -4.97. The molecule has 0 atom stereocenters. The molecule has 0 bridgehead atoms. The zero-order valence-electron chi connectivity index (χ0n) is 11.2. The molecule has 2 aromatic carbocycles. The quantitative estimate of drug-likeness (QED) is 0.727. The lowest BCUT2D eigenvalue weighted by Gasteiger charge is -2.11. The van der Waals surface area contributed by atoms with E-state index in [1.165, 1.54) is 18.2 Å². The van der Waals surface area contributed by atoms with Gasteiger partial charge in [0.2, 0.25) is 0 Å². The lowest BCUT2D eigenvalue weighted by molar-refractivity contribution is 0.275.